The van der Waals surface area contributed by atoms with Crippen molar-refractivity contribution in [1.82, 2.24) is 14.4 Å². The smallest absolute Gasteiger partial charge is 0.180 e. The van der Waals surface area contributed by atoms with Crippen molar-refractivity contribution in [3.8, 4) is 17.0 Å². The Kier molecular flexibility index (Phi) is 4.33. The molecule has 152 valence electrons. The molecule has 30 heavy (non-hydrogen) atoms. The number of nitrogens with zero attached hydrogens (tertiary/aromatic N) is 3. The molecule has 7 nitrogen and oxygen atoms in total. The van der Waals surface area contributed by atoms with Crippen molar-refractivity contribution in [2.75, 3.05) is 23.8 Å². The van der Waals surface area contributed by atoms with E-state index in [1.54, 1.807) is 20.0 Å². The van der Waals surface area contributed by atoms with Crippen LogP contribution in [-0.4, -0.2) is 32.6 Å². The first kappa shape index (κ1) is 18.4. The van der Waals surface area contributed by atoms with Gasteiger partial charge in [0.15, 0.2) is 11.5 Å². The number of fused-ring (bicyclic) bond motifs is 2. The van der Waals surface area contributed by atoms with Gasteiger partial charge < -0.3 is 24.9 Å². The van der Waals surface area contributed by atoms with Crippen LogP contribution in [0.2, 0.25) is 0 Å². The second-order valence-electron chi connectivity index (χ2n) is 7.88. The van der Waals surface area contributed by atoms with Gasteiger partial charge in [0, 0.05) is 36.4 Å². The highest BCUT2D eigenvalue weighted by Gasteiger charge is 2.16. The Hall–Kier alpha value is -3.58. The highest BCUT2D eigenvalue weighted by Crippen LogP contribution is 2.33. The van der Waals surface area contributed by atoms with E-state index in [9.17, 15) is 5.11 Å². The molecule has 1 aliphatic rings. The molecule has 2 aromatic heterocycles. The number of imidazole rings is 1. The van der Waals surface area contributed by atoms with Crippen molar-refractivity contribution in [1.29, 1.82) is 0 Å². The number of aromatic nitrogens is 3. The zero-order chi connectivity index (χ0) is 20.7. The number of ether oxygens (including phenoxy) is 1. The predicted octanol–water partition coefficient (Wildman–Crippen LogP) is 4.17. The Labute approximate surface area is 174 Å². The van der Waals surface area contributed by atoms with E-state index >= 15 is 0 Å². The van der Waals surface area contributed by atoms with E-state index in [1.807, 2.05) is 59.3 Å². The van der Waals surface area contributed by atoms with Crippen molar-refractivity contribution in [2.45, 2.75) is 19.4 Å². The molecule has 2 aromatic carbocycles. The largest absolute Gasteiger partial charge is 0.490 e. The quantitative estimate of drug-likeness (QED) is 0.476. The third kappa shape index (κ3) is 3.44. The molecule has 3 N–H and O–H groups in total. The fourth-order valence-electron chi connectivity index (χ4n) is 3.55. The third-order valence-corrected chi connectivity index (χ3v) is 5.18. The Bertz CT molecular complexity index is 1210. The van der Waals surface area contributed by atoms with E-state index in [0.29, 0.717) is 12.4 Å². The number of benzene rings is 2. The molecule has 1 aliphatic heterocycles. The summed E-state index contributed by atoms with van der Waals surface area (Å²) >= 11 is 0. The molecule has 0 aliphatic carbocycles. The van der Waals surface area contributed by atoms with Crippen molar-refractivity contribution in [2.24, 2.45) is 0 Å². The van der Waals surface area contributed by atoms with Gasteiger partial charge in [-0.05, 0) is 43.7 Å². The Morgan fingerprint density at radius 1 is 1.17 bits per heavy atom. The summed E-state index contributed by atoms with van der Waals surface area (Å²) in [6.45, 7) is 5.00. The molecule has 0 amide bonds. The van der Waals surface area contributed by atoms with Crippen LogP contribution in [-0.2, 0) is 5.60 Å². The van der Waals surface area contributed by atoms with E-state index < -0.39 is 5.60 Å². The summed E-state index contributed by atoms with van der Waals surface area (Å²) in [6, 6.07) is 13.7. The minimum Gasteiger partial charge on any atom is -0.490 e. The zero-order valence-electron chi connectivity index (χ0n) is 16.9. The molecule has 4 aromatic rings. The topological polar surface area (TPSA) is 83.7 Å². The van der Waals surface area contributed by atoms with Gasteiger partial charge in [0.1, 0.15) is 12.4 Å². The molecule has 0 radical (unpaired) electrons. The van der Waals surface area contributed by atoms with Crippen LogP contribution in [0.15, 0.2) is 61.1 Å². The average Bonchev–Trinajstić information content (AvgIpc) is 3.22. The zero-order valence-corrected chi connectivity index (χ0v) is 16.9. The highest BCUT2D eigenvalue weighted by molar-refractivity contribution is 5.75. The second-order valence-corrected chi connectivity index (χ2v) is 7.88. The Balaban J connectivity index is 1.52. The summed E-state index contributed by atoms with van der Waals surface area (Å²) in [5.41, 5.74) is 4.36. The van der Waals surface area contributed by atoms with Gasteiger partial charge in [0.05, 0.1) is 17.0 Å². The summed E-state index contributed by atoms with van der Waals surface area (Å²) in [6.07, 6.45) is 5.62. The summed E-state index contributed by atoms with van der Waals surface area (Å²) < 4.78 is 7.73. The first-order valence-electron chi connectivity index (χ1n) is 9.92. The predicted molar refractivity (Wildman–Crippen MR) is 117 cm³/mol. The summed E-state index contributed by atoms with van der Waals surface area (Å²) in [5, 5.41) is 16.9. The maximum absolute atomic E-state index is 10.2. The van der Waals surface area contributed by atoms with Crippen molar-refractivity contribution in [3.63, 3.8) is 0 Å². The van der Waals surface area contributed by atoms with E-state index in [2.05, 4.69) is 15.6 Å². The lowest BCUT2D eigenvalue weighted by molar-refractivity contribution is 0.0786. The molecule has 3 heterocycles. The monoisotopic (exact) mass is 401 g/mol. The Morgan fingerprint density at radius 2 is 2.00 bits per heavy atom. The average molecular weight is 401 g/mol. The van der Waals surface area contributed by atoms with Crippen LogP contribution in [0, 0.1) is 0 Å². The summed E-state index contributed by atoms with van der Waals surface area (Å²) in [4.78, 5) is 9.28. The van der Waals surface area contributed by atoms with Crippen LogP contribution in [0.5, 0.6) is 5.75 Å². The normalized spacial score (nSPS) is 13.4. The highest BCUT2D eigenvalue weighted by atomic mass is 16.5. The van der Waals surface area contributed by atoms with Gasteiger partial charge in [0.2, 0.25) is 0 Å². The maximum atomic E-state index is 10.2. The van der Waals surface area contributed by atoms with Gasteiger partial charge in [-0.25, -0.2) is 9.97 Å². The van der Waals surface area contributed by atoms with Crippen molar-refractivity contribution < 1.29 is 9.84 Å². The first-order valence-corrected chi connectivity index (χ1v) is 9.92. The molecule has 0 spiro atoms. The minimum atomic E-state index is -0.879. The molecule has 0 fully saturated rings. The van der Waals surface area contributed by atoms with Crippen molar-refractivity contribution in [3.05, 3.63) is 66.6 Å². The molecule has 5 rings (SSSR count). The van der Waals surface area contributed by atoms with E-state index in [-0.39, 0.29) is 0 Å². The van der Waals surface area contributed by atoms with Crippen LogP contribution in [0.25, 0.3) is 16.9 Å². The fraction of sp³-hybridized carbons (Fsp3) is 0.217. The summed E-state index contributed by atoms with van der Waals surface area (Å²) in [5.74, 6) is 1.49. The molecule has 0 saturated heterocycles. The molecular weight excluding hydrogens is 378 g/mol. The van der Waals surface area contributed by atoms with Crippen LogP contribution in [0.3, 0.4) is 0 Å². The van der Waals surface area contributed by atoms with Crippen LogP contribution < -0.4 is 15.4 Å². The van der Waals surface area contributed by atoms with E-state index in [4.69, 9.17) is 9.72 Å². The number of hydrogen-bond donors (Lipinski definition) is 3. The third-order valence-electron chi connectivity index (χ3n) is 5.18. The number of aliphatic hydroxyl groups is 1. The van der Waals surface area contributed by atoms with Gasteiger partial charge >= 0.3 is 0 Å². The molecule has 7 heteroatoms. The number of rotatable bonds is 4. The standard InChI is InChI=1S/C23H23N5O2/c1-23(2,29)16-4-6-17(7-5-16)26-21-22-25-9-11-28(22)14-19(27-21)15-3-8-18-20(13-15)30-12-10-24-18/h3-9,11,13-14,24,29H,10,12H2,1-2H3,(H,26,27). The van der Waals surface area contributed by atoms with Gasteiger partial charge in [-0.1, -0.05) is 18.2 Å². The number of nitrogens with one attached hydrogen (secondary N) is 2. The summed E-state index contributed by atoms with van der Waals surface area (Å²) in [7, 11) is 0. The molecule has 0 saturated carbocycles. The van der Waals surface area contributed by atoms with E-state index in [0.717, 1.165) is 46.1 Å². The molecule has 0 unspecified atom stereocenters. The van der Waals surface area contributed by atoms with E-state index in [1.165, 1.54) is 0 Å². The molecule has 0 bridgehead atoms. The van der Waals surface area contributed by atoms with Crippen molar-refractivity contribution >= 4 is 22.8 Å². The first-order chi connectivity index (χ1) is 14.5. The second kappa shape index (κ2) is 7.03. The maximum Gasteiger partial charge on any atom is 0.180 e. The molecule has 0 atom stereocenters. The minimum absolute atomic E-state index is 0.651. The SMILES string of the molecule is CC(C)(O)c1ccc(Nc2nc(-c3ccc4c(c3)OCCN4)cn3ccnc23)cc1. The fourth-order valence-corrected chi connectivity index (χ4v) is 3.55. The number of hydrogen-bond acceptors (Lipinski definition) is 6. The lowest BCUT2D eigenvalue weighted by Crippen LogP contribution is -2.17. The van der Waals surface area contributed by atoms with Crippen LogP contribution in [0.1, 0.15) is 19.4 Å². The van der Waals surface area contributed by atoms with Gasteiger partial charge in [-0.2, -0.15) is 0 Å². The lowest BCUT2D eigenvalue weighted by Gasteiger charge is -2.20. The van der Waals surface area contributed by atoms with Gasteiger partial charge in [-0.3, -0.25) is 0 Å². The number of anilines is 3. The van der Waals surface area contributed by atoms with Crippen LogP contribution >= 0.6 is 0 Å². The van der Waals surface area contributed by atoms with Gasteiger partial charge in [-0.15, -0.1) is 0 Å². The van der Waals surface area contributed by atoms with Gasteiger partial charge in [0.25, 0.3) is 0 Å². The lowest BCUT2D eigenvalue weighted by atomic mass is 9.98. The van der Waals surface area contributed by atoms with Crippen LogP contribution in [0.4, 0.5) is 17.2 Å². The Morgan fingerprint density at radius 3 is 2.80 bits per heavy atom. The molecular formula is C23H23N5O2.